The molecule has 0 radical (unpaired) electrons. The first-order valence-corrected chi connectivity index (χ1v) is 6.42. The van der Waals surface area contributed by atoms with E-state index < -0.39 is 11.3 Å². The number of hydrogen-bond acceptors (Lipinski definition) is 3. The van der Waals surface area contributed by atoms with E-state index in [1.165, 1.54) is 11.8 Å². The first kappa shape index (κ1) is 11.8. The van der Waals surface area contributed by atoms with E-state index in [1.54, 1.807) is 0 Å². The fourth-order valence-corrected chi connectivity index (χ4v) is 2.94. The summed E-state index contributed by atoms with van der Waals surface area (Å²) in [7, 11) is 0. The van der Waals surface area contributed by atoms with Gasteiger partial charge in [0.05, 0.1) is 0 Å². The number of carboxylic acid groups (broad SMARTS) is 1. The zero-order chi connectivity index (χ0) is 11.5. The number of halogens is 1. The topological polar surface area (TPSA) is 40.5 Å². The SMILES string of the molecule is O=C(O)C1SCCN1Cc1ccc(Cl)cc1. The van der Waals surface area contributed by atoms with Crippen LogP contribution < -0.4 is 0 Å². The van der Waals surface area contributed by atoms with Crippen molar-refractivity contribution in [3.8, 4) is 0 Å². The minimum absolute atomic E-state index is 0.407. The third kappa shape index (κ3) is 2.70. The Morgan fingerprint density at radius 3 is 2.81 bits per heavy atom. The van der Waals surface area contributed by atoms with Gasteiger partial charge in [0, 0.05) is 23.9 Å². The fourth-order valence-electron chi connectivity index (χ4n) is 1.72. The number of carbonyl (C=O) groups is 1. The second kappa shape index (κ2) is 5.08. The molecule has 1 aliphatic heterocycles. The highest BCUT2D eigenvalue weighted by Crippen LogP contribution is 2.25. The monoisotopic (exact) mass is 257 g/mol. The van der Waals surface area contributed by atoms with E-state index in [9.17, 15) is 4.79 Å². The summed E-state index contributed by atoms with van der Waals surface area (Å²) in [6.45, 7) is 1.49. The van der Waals surface area contributed by atoms with Crippen LogP contribution in [0.5, 0.6) is 0 Å². The van der Waals surface area contributed by atoms with Crippen molar-refractivity contribution in [2.75, 3.05) is 12.3 Å². The van der Waals surface area contributed by atoms with Crippen molar-refractivity contribution in [2.45, 2.75) is 11.9 Å². The molecule has 16 heavy (non-hydrogen) atoms. The van der Waals surface area contributed by atoms with Crippen molar-refractivity contribution in [2.24, 2.45) is 0 Å². The van der Waals surface area contributed by atoms with E-state index in [-0.39, 0.29) is 0 Å². The van der Waals surface area contributed by atoms with Crippen LogP contribution in [0.3, 0.4) is 0 Å². The molecule has 1 aromatic rings. The molecule has 0 aromatic heterocycles. The lowest BCUT2D eigenvalue weighted by atomic mass is 10.2. The van der Waals surface area contributed by atoms with Gasteiger partial charge in [0.2, 0.25) is 0 Å². The molecular formula is C11H12ClNO2S. The number of rotatable bonds is 3. The predicted octanol–water partition coefficient (Wildman–Crippen LogP) is 2.30. The number of carboxylic acids is 1. The van der Waals surface area contributed by atoms with E-state index in [0.717, 1.165) is 17.9 Å². The molecule has 1 saturated heterocycles. The molecule has 3 nitrogen and oxygen atoms in total. The van der Waals surface area contributed by atoms with Gasteiger partial charge in [0.25, 0.3) is 0 Å². The van der Waals surface area contributed by atoms with E-state index in [0.29, 0.717) is 11.6 Å². The number of thioether (sulfide) groups is 1. The Morgan fingerprint density at radius 1 is 1.50 bits per heavy atom. The summed E-state index contributed by atoms with van der Waals surface area (Å²) in [6.07, 6.45) is 0. The molecule has 0 bridgehead atoms. The molecule has 1 atom stereocenters. The third-order valence-corrected chi connectivity index (χ3v) is 3.98. The zero-order valence-corrected chi connectivity index (χ0v) is 10.2. The molecule has 1 aromatic carbocycles. The van der Waals surface area contributed by atoms with Crippen molar-refractivity contribution in [1.29, 1.82) is 0 Å². The summed E-state index contributed by atoms with van der Waals surface area (Å²) in [6, 6.07) is 7.53. The van der Waals surface area contributed by atoms with Crippen molar-refractivity contribution < 1.29 is 9.90 Å². The molecule has 2 rings (SSSR count). The quantitative estimate of drug-likeness (QED) is 0.902. The highest BCUT2D eigenvalue weighted by atomic mass is 35.5. The van der Waals surface area contributed by atoms with E-state index >= 15 is 0 Å². The van der Waals surface area contributed by atoms with E-state index in [1.807, 2.05) is 29.2 Å². The maximum absolute atomic E-state index is 11.0. The largest absolute Gasteiger partial charge is 0.479 e. The van der Waals surface area contributed by atoms with Crippen LogP contribution in [0.1, 0.15) is 5.56 Å². The Hall–Kier alpha value is -0.710. The highest BCUT2D eigenvalue weighted by Gasteiger charge is 2.30. The second-order valence-electron chi connectivity index (χ2n) is 3.66. The van der Waals surface area contributed by atoms with Crippen molar-refractivity contribution in [1.82, 2.24) is 4.90 Å². The lowest BCUT2D eigenvalue weighted by molar-refractivity contribution is -0.139. The molecule has 1 aliphatic rings. The second-order valence-corrected chi connectivity index (χ2v) is 5.28. The minimum atomic E-state index is -0.753. The molecule has 86 valence electrons. The molecule has 1 heterocycles. The van der Waals surface area contributed by atoms with Gasteiger partial charge >= 0.3 is 5.97 Å². The maximum Gasteiger partial charge on any atom is 0.331 e. The molecule has 1 fully saturated rings. The zero-order valence-electron chi connectivity index (χ0n) is 8.60. The molecule has 5 heteroatoms. The van der Waals surface area contributed by atoms with E-state index in [2.05, 4.69) is 0 Å². The van der Waals surface area contributed by atoms with Crippen molar-refractivity contribution in [3.63, 3.8) is 0 Å². The lowest BCUT2D eigenvalue weighted by Gasteiger charge is -2.19. The Morgan fingerprint density at radius 2 is 2.19 bits per heavy atom. The molecule has 0 aliphatic carbocycles. The number of hydrogen-bond donors (Lipinski definition) is 1. The van der Waals surface area contributed by atoms with Gasteiger partial charge in [0.15, 0.2) is 5.37 Å². The first-order valence-electron chi connectivity index (χ1n) is 5.00. The fraction of sp³-hybridized carbons (Fsp3) is 0.364. The average Bonchev–Trinajstić information content (AvgIpc) is 2.69. The van der Waals surface area contributed by atoms with Crippen LogP contribution in [-0.2, 0) is 11.3 Å². The molecule has 0 spiro atoms. The summed E-state index contributed by atoms with van der Waals surface area (Å²) < 4.78 is 0. The molecule has 1 unspecified atom stereocenters. The van der Waals surface area contributed by atoms with Crippen molar-refractivity contribution in [3.05, 3.63) is 34.9 Å². The van der Waals surface area contributed by atoms with Gasteiger partial charge in [-0.2, -0.15) is 0 Å². The highest BCUT2D eigenvalue weighted by molar-refractivity contribution is 8.00. The number of benzene rings is 1. The first-order chi connectivity index (χ1) is 7.66. The number of aliphatic carboxylic acids is 1. The Labute approximate surface area is 103 Å². The van der Waals surface area contributed by atoms with Crippen LogP contribution >= 0.6 is 23.4 Å². The van der Waals surface area contributed by atoms with Gasteiger partial charge in [-0.15, -0.1) is 11.8 Å². The predicted molar refractivity (Wildman–Crippen MR) is 65.7 cm³/mol. The molecule has 1 N–H and O–H groups in total. The summed E-state index contributed by atoms with van der Waals surface area (Å²) in [5.41, 5.74) is 1.10. The summed E-state index contributed by atoms with van der Waals surface area (Å²) >= 11 is 7.28. The molecule has 0 saturated carbocycles. The maximum atomic E-state index is 11.0. The van der Waals surface area contributed by atoms with Crippen LogP contribution in [0.4, 0.5) is 0 Å². The van der Waals surface area contributed by atoms with Gasteiger partial charge in [0.1, 0.15) is 0 Å². The molecular weight excluding hydrogens is 246 g/mol. The average molecular weight is 258 g/mol. The van der Waals surface area contributed by atoms with Gasteiger partial charge in [-0.25, -0.2) is 4.79 Å². The van der Waals surface area contributed by atoms with Gasteiger partial charge in [-0.1, -0.05) is 23.7 Å². The molecule has 0 amide bonds. The Balaban J connectivity index is 2.03. The summed E-state index contributed by atoms with van der Waals surface area (Å²) in [4.78, 5) is 12.9. The normalized spacial score (nSPS) is 21.2. The Kier molecular flexibility index (Phi) is 3.74. The summed E-state index contributed by atoms with van der Waals surface area (Å²) in [5, 5.41) is 9.32. The van der Waals surface area contributed by atoms with Crippen LogP contribution in [0.25, 0.3) is 0 Å². The summed E-state index contributed by atoms with van der Waals surface area (Å²) in [5.74, 6) is 0.126. The third-order valence-electron chi connectivity index (χ3n) is 2.50. The Bertz CT molecular complexity index is 382. The van der Waals surface area contributed by atoms with Gasteiger partial charge < -0.3 is 5.11 Å². The van der Waals surface area contributed by atoms with E-state index in [4.69, 9.17) is 16.7 Å². The standard InChI is InChI=1S/C11H12ClNO2S/c12-9-3-1-8(2-4-9)7-13-5-6-16-10(13)11(14)15/h1-4,10H,5-7H2,(H,14,15). The van der Waals surface area contributed by atoms with Crippen LogP contribution in [0.15, 0.2) is 24.3 Å². The minimum Gasteiger partial charge on any atom is -0.479 e. The van der Waals surface area contributed by atoms with Crippen molar-refractivity contribution >= 4 is 29.3 Å². The lowest BCUT2D eigenvalue weighted by Crippen LogP contribution is -2.33. The van der Waals surface area contributed by atoms with Crippen LogP contribution in [0, 0.1) is 0 Å². The van der Waals surface area contributed by atoms with Gasteiger partial charge in [-0.05, 0) is 17.7 Å². The smallest absolute Gasteiger partial charge is 0.331 e. The van der Waals surface area contributed by atoms with Crippen LogP contribution in [0.2, 0.25) is 5.02 Å². The van der Waals surface area contributed by atoms with Gasteiger partial charge in [-0.3, -0.25) is 4.90 Å². The van der Waals surface area contributed by atoms with Crippen LogP contribution in [-0.4, -0.2) is 33.6 Å². The number of nitrogens with zero attached hydrogens (tertiary/aromatic N) is 1.